The summed E-state index contributed by atoms with van der Waals surface area (Å²) in [6.45, 7) is 2.32. The Morgan fingerprint density at radius 3 is 2.39 bits per heavy atom. The van der Waals surface area contributed by atoms with Crippen molar-refractivity contribution in [3.63, 3.8) is 0 Å². The van der Waals surface area contributed by atoms with Gasteiger partial charge < -0.3 is 10.4 Å². The lowest BCUT2D eigenvalue weighted by molar-refractivity contribution is -0.133. The van der Waals surface area contributed by atoms with E-state index in [1.54, 1.807) is 0 Å². The molecule has 0 aliphatic heterocycles. The Bertz CT molecular complexity index is 456. The van der Waals surface area contributed by atoms with Crippen LogP contribution >= 0.6 is 0 Å². The molecule has 0 aliphatic carbocycles. The largest absolute Gasteiger partial charge is 0.481 e. The molecule has 98 valence electrons. The van der Waals surface area contributed by atoms with Crippen LogP contribution in [0.3, 0.4) is 0 Å². The molecule has 1 amide bonds. The first-order valence-electron chi connectivity index (χ1n) is 5.36. The van der Waals surface area contributed by atoms with Gasteiger partial charge in [0, 0.05) is 17.3 Å². The number of rotatable bonds is 6. The van der Waals surface area contributed by atoms with E-state index in [1.807, 2.05) is 31.2 Å². The van der Waals surface area contributed by atoms with E-state index < -0.39 is 28.4 Å². The fourth-order valence-corrected chi connectivity index (χ4v) is 2.06. The highest BCUT2D eigenvalue weighted by Crippen LogP contribution is 2.02. The molecule has 18 heavy (non-hydrogen) atoms. The lowest BCUT2D eigenvalue weighted by Gasteiger charge is -2.05. The molecule has 1 atom stereocenters. The number of carbonyl (C=O) groups excluding carboxylic acids is 1. The molecular formula is C12H15NO4S. The molecule has 0 heterocycles. The summed E-state index contributed by atoms with van der Waals surface area (Å²) in [5, 5.41) is 11.0. The smallest absolute Gasteiger partial charge is 0.316 e. The average Bonchev–Trinajstić information content (AvgIpc) is 2.27. The summed E-state index contributed by atoms with van der Waals surface area (Å²) < 4.78 is 11.2. The van der Waals surface area contributed by atoms with Gasteiger partial charge in [-0.25, -0.2) is 0 Å². The number of carbonyl (C=O) groups is 2. The Morgan fingerprint density at radius 2 is 1.83 bits per heavy atom. The Kier molecular flexibility index (Phi) is 5.51. The molecular weight excluding hydrogens is 254 g/mol. The normalized spacial score (nSPS) is 11.8. The van der Waals surface area contributed by atoms with Gasteiger partial charge in [-0.2, -0.15) is 0 Å². The minimum absolute atomic E-state index is 0.280. The molecule has 0 fully saturated rings. The first-order chi connectivity index (χ1) is 8.47. The highest BCUT2D eigenvalue weighted by molar-refractivity contribution is 7.86. The number of benzene rings is 1. The molecule has 1 rings (SSSR count). The maximum Gasteiger partial charge on any atom is 0.316 e. The van der Waals surface area contributed by atoms with Gasteiger partial charge in [0.2, 0.25) is 5.91 Å². The third-order valence-electron chi connectivity index (χ3n) is 2.19. The number of carboxylic acids is 1. The van der Waals surface area contributed by atoms with Crippen molar-refractivity contribution in [3.05, 3.63) is 35.4 Å². The van der Waals surface area contributed by atoms with Gasteiger partial charge in [-0.3, -0.25) is 13.8 Å². The number of nitrogens with one attached hydrogen (secondary N) is 1. The van der Waals surface area contributed by atoms with Crippen molar-refractivity contribution in [1.82, 2.24) is 5.32 Å². The molecule has 0 bridgehead atoms. The van der Waals surface area contributed by atoms with E-state index in [2.05, 4.69) is 5.32 Å². The summed E-state index contributed by atoms with van der Waals surface area (Å²) in [7, 11) is -1.65. The highest BCUT2D eigenvalue weighted by atomic mass is 32.2. The van der Waals surface area contributed by atoms with E-state index in [9.17, 15) is 13.8 Å². The minimum atomic E-state index is -1.65. The summed E-state index contributed by atoms with van der Waals surface area (Å²) in [4.78, 5) is 21.7. The Balaban J connectivity index is 2.35. The number of hydrogen-bond donors (Lipinski definition) is 2. The van der Waals surface area contributed by atoms with Crippen LogP contribution in [0.4, 0.5) is 0 Å². The molecule has 0 spiro atoms. The lowest BCUT2D eigenvalue weighted by Crippen LogP contribution is -2.29. The lowest BCUT2D eigenvalue weighted by atomic mass is 10.1. The minimum Gasteiger partial charge on any atom is -0.481 e. The summed E-state index contributed by atoms with van der Waals surface area (Å²) >= 11 is 0. The summed E-state index contributed by atoms with van der Waals surface area (Å²) in [6.07, 6.45) is 0. The van der Waals surface area contributed by atoms with Crippen LogP contribution in [0.2, 0.25) is 0 Å². The van der Waals surface area contributed by atoms with Crippen LogP contribution in [0.15, 0.2) is 24.3 Å². The quantitative estimate of drug-likeness (QED) is 0.785. The summed E-state index contributed by atoms with van der Waals surface area (Å²) in [5.74, 6) is -2.36. The van der Waals surface area contributed by atoms with Gasteiger partial charge in [-0.05, 0) is 12.5 Å². The van der Waals surface area contributed by atoms with E-state index in [4.69, 9.17) is 5.11 Å². The maximum absolute atomic E-state index is 11.4. The third-order valence-corrected chi connectivity index (χ3v) is 3.34. The van der Waals surface area contributed by atoms with Gasteiger partial charge in [0.15, 0.2) is 0 Å². The van der Waals surface area contributed by atoms with Gasteiger partial charge >= 0.3 is 5.97 Å². The monoisotopic (exact) mass is 269 g/mol. The van der Waals surface area contributed by atoms with Crippen LogP contribution in [-0.4, -0.2) is 32.7 Å². The molecule has 0 unspecified atom stereocenters. The molecule has 0 radical (unpaired) electrons. The predicted octanol–water partition coefficient (Wildman–Crippen LogP) is 0.445. The van der Waals surface area contributed by atoms with E-state index in [0.29, 0.717) is 6.54 Å². The topological polar surface area (TPSA) is 83.5 Å². The number of carboxylic acid groups (broad SMARTS) is 1. The van der Waals surface area contributed by atoms with Crippen LogP contribution in [0, 0.1) is 6.92 Å². The molecule has 1 aromatic rings. The van der Waals surface area contributed by atoms with Gasteiger partial charge in [-0.1, -0.05) is 29.8 Å². The van der Waals surface area contributed by atoms with Gasteiger partial charge in [0.25, 0.3) is 0 Å². The van der Waals surface area contributed by atoms with Gasteiger partial charge in [-0.15, -0.1) is 0 Å². The Labute approximate surface area is 108 Å². The number of aliphatic carboxylic acids is 1. The van der Waals surface area contributed by atoms with E-state index in [0.717, 1.165) is 11.1 Å². The van der Waals surface area contributed by atoms with Gasteiger partial charge in [0.05, 0.1) is 0 Å². The summed E-state index contributed by atoms with van der Waals surface area (Å²) in [6, 6.07) is 7.65. The van der Waals surface area contributed by atoms with Crippen LogP contribution < -0.4 is 5.32 Å². The second kappa shape index (κ2) is 6.90. The molecule has 5 nitrogen and oxygen atoms in total. The molecule has 0 saturated carbocycles. The van der Waals surface area contributed by atoms with Crippen molar-refractivity contribution >= 4 is 22.7 Å². The Morgan fingerprint density at radius 1 is 1.22 bits per heavy atom. The van der Waals surface area contributed by atoms with Crippen LogP contribution in [0.5, 0.6) is 0 Å². The molecule has 0 aromatic heterocycles. The fourth-order valence-electron chi connectivity index (χ4n) is 1.29. The Hall–Kier alpha value is -1.69. The SMILES string of the molecule is Cc1ccc(CNC(=O)C[S@@](=O)CC(=O)O)cc1. The maximum atomic E-state index is 11.4. The van der Waals surface area contributed by atoms with Crippen molar-refractivity contribution < 1.29 is 18.9 Å². The van der Waals surface area contributed by atoms with Crippen molar-refractivity contribution in [2.24, 2.45) is 0 Å². The second-order valence-corrected chi connectivity index (χ2v) is 5.34. The molecule has 2 N–H and O–H groups in total. The van der Waals surface area contributed by atoms with Crippen molar-refractivity contribution in [2.75, 3.05) is 11.5 Å². The standard InChI is InChI=1S/C12H15NO4S/c1-9-2-4-10(5-3-9)6-13-11(14)7-18(17)8-12(15)16/h2-5H,6-8H2,1H3,(H,13,14)(H,15,16)/t18-/m1/s1. The predicted molar refractivity (Wildman–Crippen MR) is 68.5 cm³/mol. The number of amides is 1. The molecule has 0 aliphatic rings. The summed E-state index contributed by atoms with van der Waals surface area (Å²) in [5.41, 5.74) is 2.07. The van der Waals surface area contributed by atoms with Crippen molar-refractivity contribution in [2.45, 2.75) is 13.5 Å². The van der Waals surface area contributed by atoms with Crippen molar-refractivity contribution in [1.29, 1.82) is 0 Å². The zero-order chi connectivity index (χ0) is 13.5. The van der Waals surface area contributed by atoms with E-state index in [-0.39, 0.29) is 5.75 Å². The van der Waals surface area contributed by atoms with Crippen LogP contribution in [-0.2, 0) is 26.9 Å². The van der Waals surface area contributed by atoms with Crippen molar-refractivity contribution in [3.8, 4) is 0 Å². The van der Waals surface area contributed by atoms with Crippen LogP contribution in [0.1, 0.15) is 11.1 Å². The average molecular weight is 269 g/mol. The van der Waals surface area contributed by atoms with E-state index in [1.165, 1.54) is 0 Å². The zero-order valence-corrected chi connectivity index (χ0v) is 10.8. The highest BCUT2D eigenvalue weighted by Gasteiger charge is 2.10. The number of hydrogen-bond acceptors (Lipinski definition) is 3. The first-order valence-corrected chi connectivity index (χ1v) is 6.85. The second-order valence-electron chi connectivity index (χ2n) is 3.88. The first kappa shape index (κ1) is 14.4. The van der Waals surface area contributed by atoms with E-state index >= 15 is 0 Å². The number of aryl methyl sites for hydroxylation is 1. The zero-order valence-electron chi connectivity index (χ0n) is 10.0. The molecule has 1 aromatic carbocycles. The van der Waals surface area contributed by atoms with Crippen LogP contribution in [0.25, 0.3) is 0 Å². The third kappa shape index (κ3) is 5.58. The van der Waals surface area contributed by atoms with Gasteiger partial charge in [0.1, 0.15) is 11.5 Å². The molecule has 6 heteroatoms. The fraction of sp³-hybridized carbons (Fsp3) is 0.333. The molecule has 0 saturated heterocycles.